The van der Waals surface area contributed by atoms with E-state index in [1.165, 1.54) is 6.07 Å². The van der Waals surface area contributed by atoms with E-state index in [9.17, 15) is 8.78 Å². The zero-order valence-electron chi connectivity index (χ0n) is 7.81. The van der Waals surface area contributed by atoms with Crippen molar-refractivity contribution < 1.29 is 8.78 Å². The molecular formula is C9H12F2IN. The summed E-state index contributed by atoms with van der Waals surface area (Å²) in [7, 11) is 0. The molecule has 1 aromatic heterocycles. The van der Waals surface area contributed by atoms with E-state index in [1.54, 1.807) is 10.6 Å². The molecule has 0 spiro atoms. The zero-order valence-corrected chi connectivity index (χ0v) is 9.97. The molecule has 4 heteroatoms. The molecule has 1 rings (SSSR count). The summed E-state index contributed by atoms with van der Waals surface area (Å²) in [6, 6.07) is 3.20. The molecule has 0 amide bonds. The number of hydrogen-bond donors (Lipinski definition) is 0. The molecule has 0 N–H and O–H groups in total. The van der Waals surface area contributed by atoms with Crippen molar-refractivity contribution in [3.8, 4) is 0 Å². The molecular weight excluding hydrogens is 287 g/mol. The highest BCUT2D eigenvalue weighted by Gasteiger charge is 2.23. The van der Waals surface area contributed by atoms with Crippen LogP contribution in [0.25, 0.3) is 0 Å². The van der Waals surface area contributed by atoms with Crippen molar-refractivity contribution in [1.82, 2.24) is 4.57 Å². The van der Waals surface area contributed by atoms with Crippen LogP contribution < -0.4 is 0 Å². The summed E-state index contributed by atoms with van der Waals surface area (Å²) >= 11 is 2.07. The minimum absolute atomic E-state index is 0.0944. The Kier molecular flexibility index (Phi) is 2.99. The standard InChI is InChI=1S/C9H12F2IN/c1-9(2,3)13-6(8(10)11)4-5-7(13)12/h4-5,8H,1-3H3. The molecule has 1 aromatic rings. The van der Waals surface area contributed by atoms with Crippen LogP contribution in [-0.2, 0) is 5.54 Å². The number of rotatable bonds is 1. The Labute approximate surface area is 90.3 Å². The van der Waals surface area contributed by atoms with Crippen molar-refractivity contribution in [2.45, 2.75) is 32.7 Å². The van der Waals surface area contributed by atoms with Gasteiger partial charge in [-0.25, -0.2) is 8.78 Å². The van der Waals surface area contributed by atoms with Gasteiger partial charge in [-0.3, -0.25) is 0 Å². The molecule has 13 heavy (non-hydrogen) atoms. The quantitative estimate of drug-likeness (QED) is 0.695. The van der Waals surface area contributed by atoms with Crippen molar-refractivity contribution in [2.24, 2.45) is 0 Å². The van der Waals surface area contributed by atoms with Crippen molar-refractivity contribution in [3.05, 3.63) is 21.5 Å². The van der Waals surface area contributed by atoms with E-state index in [4.69, 9.17) is 0 Å². The summed E-state index contributed by atoms with van der Waals surface area (Å²) in [5.74, 6) is 0. The summed E-state index contributed by atoms with van der Waals surface area (Å²) < 4.78 is 27.6. The number of hydrogen-bond acceptors (Lipinski definition) is 0. The smallest absolute Gasteiger partial charge is 0.278 e. The molecule has 1 heterocycles. The highest BCUT2D eigenvalue weighted by Crippen LogP contribution is 2.29. The third-order valence-electron chi connectivity index (χ3n) is 1.76. The van der Waals surface area contributed by atoms with Gasteiger partial charge < -0.3 is 4.57 Å². The van der Waals surface area contributed by atoms with Crippen LogP contribution in [0.2, 0.25) is 0 Å². The first-order chi connectivity index (χ1) is 5.84. The van der Waals surface area contributed by atoms with E-state index < -0.39 is 6.43 Å². The first-order valence-electron chi connectivity index (χ1n) is 4.00. The SMILES string of the molecule is CC(C)(C)n1c(I)ccc1C(F)F. The molecule has 0 unspecified atom stereocenters. The van der Waals surface area contributed by atoms with Gasteiger partial charge in [-0.1, -0.05) is 0 Å². The van der Waals surface area contributed by atoms with Crippen LogP contribution in [0.4, 0.5) is 8.78 Å². The van der Waals surface area contributed by atoms with Gasteiger partial charge in [-0.15, -0.1) is 0 Å². The van der Waals surface area contributed by atoms with Gasteiger partial charge in [0, 0.05) is 5.54 Å². The van der Waals surface area contributed by atoms with E-state index >= 15 is 0 Å². The maximum absolute atomic E-state index is 12.5. The van der Waals surface area contributed by atoms with Gasteiger partial charge in [0.2, 0.25) is 0 Å². The van der Waals surface area contributed by atoms with Crippen LogP contribution in [0, 0.1) is 3.70 Å². The van der Waals surface area contributed by atoms with Crippen LogP contribution in [0.5, 0.6) is 0 Å². The topological polar surface area (TPSA) is 4.93 Å². The number of alkyl halides is 2. The zero-order chi connectivity index (χ0) is 10.2. The van der Waals surface area contributed by atoms with Crippen molar-refractivity contribution in [1.29, 1.82) is 0 Å². The second-order valence-electron chi connectivity index (χ2n) is 3.89. The summed E-state index contributed by atoms with van der Waals surface area (Å²) in [6.45, 7) is 5.75. The Balaban J connectivity index is 3.25. The minimum Gasteiger partial charge on any atom is -0.330 e. The fourth-order valence-electron chi connectivity index (χ4n) is 1.30. The van der Waals surface area contributed by atoms with Crippen LogP contribution >= 0.6 is 22.6 Å². The van der Waals surface area contributed by atoms with Gasteiger partial charge in [0.25, 0.3) is 6.43 Å². The van der Waals surface area contributed by atoms with Gasteiger partial charge in [0.1, 0.15) is 0 Å². The molecule has 0 radical (unpaired) electrons. The van der Waals surface area contributed by atoms with E-state index in [0.717, 1.165) is 3.70 Å². The predicted octanol–water partition coefficient (Wildman–Crippen LogP) is 3.79. The highest BCUT2D eigenvalue weighted by molar-refractivity contribution is 14.1. The largest absolute Gasteiger partial charge is 0.330 e. The third kappa shape index (κ3) is 2.21. The fourth-order valence-corrected chi connectivity index (χ4v) is 2.49. The molecule has 1 nitrogen and oxygen atoms in total. The normalized spacial score (nSPS) is 12.5. The molecule has 0 atom stereocenters. The molecule has 0 saturated carbocycles. The Morgan fingerprint density at radius 1 is 1.31 bits per heavy atom. The Hall–Kier alpha value is -0.130. The number of aromatic nitrogens is 1. The van der Waals surface area contributed by atoms with Crippen LogP contribution in [0.3, 0.4) is 0 Å². The number of halogens is 3. The summed E-state index contributed by atoms with van der Waals surface area (Å²) in [5, 5.41) is 0. The van der Waals surface area contributed by atoms with E-state index in [2.05, 4.69) is 22.6 Å². The first kappa shape index (κ1) is 10.9. The lowest BCUT2D eigenvalue weighted by Crippen LogP contribution is -2.25. The lowest BCUT2D eigenvalue weighted by atomic mass is 10.1. The first-order valence-corrected chi connectivity index (χ1v) is 5.07. The monoisotopic (exact) mass is 299 g/mol. The minimum atomic E-state index is -2.40. The second kappa shape index (κ2) is 3.55. The van der Waals surface area contributed by atoms with E-state index in [-0.39, 0.29) is 11.2 Å². The molecule has 0 bridgehead atoms. The summed E-state index contributed by atoms with van der Waals surface area (Å²) in [5.41, 5.74) is -0.192. The summed E-state index contributed by atoms with van der Waals surface area (Å²) in [4.78, 5) is 0. The van der Waals surface area contributed by atoms with E-state index in [0.29, 0.717) is 0 Å². The van der Waals surface area contributed by atoms with Gasteiger partial charge in [0.15, 0.2) is 0 Å². The lowest BCUT2D eigenvalue weighted by Gasteiger charge is -2.25. The second-order valence-corrected chi connectivity index (χ2v) is 4.99. The van der Waals surface area contributed by atoms with Crippen molar-refractivity contribution in [2.75, 3.05) is 0 Å². The highest BCUT2D eigenvalue weighted by atomic mass is 127. The van der Waals surface area contributed by atoms with Gasteiger partial charge in [-0.2, -0.15) is 0 Å². The molecule has 0 aromatic carbocycles. The summed E-state index contributed by atoms with van der Waals surface area (Å²) in [6.07, 6.45) is -2.40. The molecule has 74 valence electrons. The van der Waals surface area contributed by atoms with Crippen LogP contribution in [0.15, 0.2) is 12.1 Å². The van der Waals surface area contributed by atoms with Crippen LogP contribution in [0.1, 0.15) is 32.9 Å². The third-order valence-corrected chi connectivity index (χ3v) is 2.60. The molecule has 0 aliphatic heterocycles. The Bertz CT molecular complexity index is 299. The fraction of sp³-hybridized carbons (Fsp3) is 0.556. The average molecular weight is 299 g/mol. The molecule has 0 aliphatic carbocycles. The van der Waals surface area contributed by atoms with Crippen molar-refractivity contribution in [3.63, 3.8) is 0 Å². The molecule has 0 aliphatic rings. The van der Waals surface area contributed by atoms with Gasteiger partial charge >= 0.3 is 0 Å². The molecule has 0 saturated heterocycles. The van der Waals surface area contributed by atoms with Crippen molar-refractivity contribution >= 4 is 22.6 Å². The predicted molar refractivity (Wildman–Crippen MR) is 57.1 cm³/mol. The van der Waals surface area contributed by atoms with Gasteiger partial charge in [-0.05, 0) is 55.5 Å². The Morgan fingerprint density at radius 3 is 2.15 bits per heavy atom. The maximum atomic E-state index is 12.5. The average Bonchev–Trinajstić information content (AvgIpc) is 2.28. The maximum Gasteiger partial charge on any atom is 0.278 e. The molecule has 0 fully saturated rings. The van der Waals surface area contributed by atoms with Crippen LogP contribution in [-0.4, -0.2) is 4.57 Å². The Morgan fingerprint density at radius 2 is 1.85 bits per heavy atom. The lowest BCUT2D eigenvalue weighted by molar-refractivity contribution is 0.133. The van der Waals surface area contributed by atoms with Gasteiger partial charge in [0.05, 0.1) is 9.39 Å². The number of nitrogens with zero attached hydrogens (tertiary/aromatic N) is 1. The van der Waals surface area contributed by atoms with E-state index in [1.807, 2.05) is 20.8 Å².